The van der Waals surface area contributed by atoms with Crippen molar-refractivity contribution in [2.75, 3.05) is 13.1 Å². The van der Waals surface area contributed by atoms with Crippen LogP contribution in [0.2, 0.25) is 0 Å². The van der Waals surface area contributed by atoms with Crippen LogP contribution >= 0.6 is 0 Å². The fraction of sp³-hybridized carbons (Fsp3) is 0.350. The van der Waals surface area contributed by atoms with Crippen LogP contribution in [0.15, 0.2) is 53.4 Å². The van der Waals surface area contributed by atoms with Crippen molar-refractivity contribution >= 4 is 15.9 Å². The minimum absolute atomic E-state index is 0.143. The summed E-state index contributed by atoms with van der Waals surface area (Å²) in [5.41, 5.74) is 2.41. The minimum atomic E-state index is -3.47. The van der Waals surface area contributed by atoms with E-state index in [1.165, 1.54) is 4.31 Å². The first-order valence-corrected chi connectivity index (χ1v) is 10.2. The molecule has 2 aromatic rings. The smallest absolute Gasteiger partial charge is 0.252 e. The number of nitrogens with zero attached hydrogens (tertiary/aromatic N) is 1. The zero-order valence-corrected chi connectivity index (χ0v) is 16.5. The highest BCUT2D eigenvalue weighted by Crippen LogP contribution is 2.20. The Bertz CT molecular complexity index is 857. The number of sulfonamides is 1. The van der Waals surface area contributed by atoms with E-state index in [4.69, 9.17) is 0 Å². The molecule has 1 unspecified atom stereocenters. The third-order valence-corrected chi connectivity index (χ3v) is 6.52. The molecule has 0 fully saturated rings. The number of carbonyl (C=O) groups excluding carboxylic acids is 1. The van der Waals surface area contributed by atoms with Gasteiger partial charge in [0, 0.05) is 18.7 Å². The Hall–Kier alpha value is -2.18. The Morgan fingerprint density at radius 1 is 1.04 bits per heavy atom. The van der Waals surface area contributed by atoms with E-state index in [0.717, 1.165) is 11.1 Å². The molecule has 1 N–H and O–H groups in total. The summed E-state index contributed by atoms with van der Waals surface area (Å²) in [5.74, 6) is -0.143. The normalized spacial score (nSPS) is 12.8. The summed E-state index contributed by atoms with van der Waals surface area (Å²) in [6.45, 7) is 8.28. The zero-order chi connectivity index (χ0) is 19.3. The number of nitrogens with one attached hydrogen (secondary N) is 1. The van der Waals surface area contributed by atoms with Crippen LogP contribution in [0.5, 0.6) is 0 Å². The van der Waals surface area contributed by atoms with Crippen LogP contribution in [0.4, 0.5) is 0 Å². The standard InChI is InChI=1S/C20H26N2O3S/c1-5-22(6-2)26(24,25)18-13-11-17(12-14-18)16(4)21-20(23)19-10-8-7-9-15(19)3/h7-14,16H,5-6H2,1-4H3,(H,21,23). The van der Waals surface area contributed by atoms with E-state index in [0.29, 0.717) is 18.7 Å². The molecule has 26 heavy (non-hydrogen) atoms. The van der Waals surface area contributed by atoms with Gasteiger partial charge in [-0.15, -0.1) is 0 Å². The van der Waals surface area contributed by atoms with Crippen molar-refractivity contribution in [1.29, 1.82) is 0 Å². The number of hydrogen-bond donors (Lipinski definition) is 1. The van der Waals surface area contributed by atoms with Gasteiger partial charge >= 0.3 is 0 Å². The second-order valence-corrected chi connectivity index (χ2v) is 8.11. The molecule has 1 amide bonds. The van der Waals surface area contributed by atoms with Gasteiger partial charge in [0.25, 0.3) is 5.91 Å². The second-order valence-electron chi connectivity index (χ2n) is 6.17. The van der Waals surface area contributed by atoms with Gasteiger partial charge in [-0.3, -0.25) is 4.79 Å². The first-order chi connectivity index (χ1) is 12.3. The van der Waals surface area contributed by atoms with Crippen LogP contribution in [0, 0.1) is 6.92 Å². The second kappa shape index (κ2) is 8.47. The van der Waals surface area contributed by atoms with E-state index in [-0.39, 0.29) is 16.8 Å². The van der Waals surface area contributed by atoms with Crippen molar-refractivity contribution in [1.82, 2.24) is 9.62 Å². The van der Waals surface area contributed by atoms with Gasteiger partial charge in [0.1, 0.15) is 0 Å². The molecule has 0 saturated carbocycles. The Morgan fingerprint density at radius 3 is 2.15 bits per heavy atom. The molecular weight excluding hydrogens is 348 g/mol. The van der Waals surface area contributed by atoms with Crippen LogP contribution in [0.25, 0.3) is 0 Å². The summed E-state index contributed by atoms with van der Waals surface area (Å²) in [7, 11) is -3.47. The number of aryl methyl sites for hydroxylation is 1. The molecule has 0 heterocycles. The van der Waals surface area contributed by atoms with Gasteiger partial charge in [-0.2, -0.15) is 4.31 Å². The van der Waals surface area contributed by atoms with Crippen LogP contribution in [-0.2, 0) is 10.0 Å². The number of benzene rings is 2. The molecule has 2 rings (SSSR count). The predicted molar refractivity (Wildman–Crippen MR) is 104 cm³/mol. The summed E-state index contributed by atoms with van der Waals surface area (Å²) < 4.78 is 26.5. The van der Waals surface area contributed by atoms with E-state index >= 15 is 0 Å². The molecular formula is C20H26N2O3S. The number of amides is 1. The van der Waals surface area contributed by atoms with Gasteiger partial charge in [0.15, 0.2) is 0 Å². The number of hydrogen-bond acceptors (Lipinski definition) is 3. The lowest BCUT2D eigenvalue weighted by Crippen LogP contribution is -2.30. The van der Waals surface area contributed by atoms with Crippen LogP contribution in [0.3, 0.4) is 0 Å². The summed E-state index contributed by atoms with van der Waals surface area (Å²) in [6.07, 6.45) is 0. The first kappa shape index (κ1) is 20.1. The quantitative estimate of drug-likeness (QED) is 0.806. The fourth-order valence-electron chi connectivity index (χ4n) is 2.83. The lowest BCUT2D eigenvalue weighted by atomic mass is 10.1. The topological polar surface area (TPSA) is 66.5 Å². The fourth-order valence-corrected chi connectivity index (χ4v) is 4.28. The predicted octanol–water partition coefficient (Wildman–Crippen LogP) is 3.52. The zero-order valence-electron chi connectivity index (χ0n) is 15.7. The molecule has 0 radical (unpaired) electrons. The molecule has 0 aliphatic heterocycles. The monoisotopic (exact) mass is 374 g/mol. The Balaban J connectivity index is 2.15. The van der Waals surface area contributed by atoms with E-state index in [1.807, 2.05) is 45.9 Å². The summed E-state index contributed by atoms with van der Waals surface area (Å²) in [4.78, 5) is 12.7. The molecule has 2 aromatic carbocycles. The van der Waals surface area contributed by atoms with Gasteiger partial charge in [-0.05, 0) is 43.2 Å². The van der Waals surface area contributed by atoms with Crippen molar-refractivity contribution in [3.8, 4) is 0 Å². The Labute approximate surface area is 156 Å². The highest BCUT2D eigenvalue weighted by atomic mass is 32.2. The Kier molecular flexibility index (Phi) is 6.56. The molecule has 0 spiro atoms. The summed E-state index contributed by atoms with van der Waals surface area (Å²) >= 11 is 0. The molecule has 0 aromatic heterocycles. The highest BCUT2D eigenvalue weighted by Gasteiger charge is 2.21. The molecule has 0 bridgehead atoms. The van der Waals surface area contributed by atoms with E-state index in [1.54, 1.807) is 30.3 Å². The van der Waals surface area contributed by atoms with Gasteiger partial charge < -0.3 is 5.32 Å². The maximum atomic E-state index is 12.5. The molecule has 0 aliphatic carbocycles. The van der Waals surface area contributed by atoms with Crippen molar-refractivity contribution < 1.29 is 13.2 Å². The Morgan fingerprint density at radius 2 is 1.62 bits per heavy atom. The third kappa shape index (κ3) is 4.31. The highest BCUT2D eigenvalue weighted by molar-refractivity contribution is 7.89. The average molecular weight is 375 g/mol. The minimum Gasteiger partial charge on any atom is -0.346 e. The molecule has 6 heteroatoms. The summed E-state index contributed by atoms with van der Waals surface area (Å²) in [6, 6.07) is 13.9. The van der Waals surface area contributed by atoms with Crippen LogP contribution in [0.1, 0.15) is 48.3 Å². The van der Waals surface area contributed by atoms with Gasteiger partial charge in [-0.25, -0.2) is 8.42 Å². The molecule has 0 saturated heterocycles. The summed E-state index contributed by atoms with van der Waals surface area (Å²) in [5, 5.41) is 2.96. The van der Waals surface area contributed by atoms with Crippen molar-refractivity contribution in [3.63, 3.8) is 0 Å². The lowest BCUT2D eigenvalue weighted by molar-refractivity contribution is 0.0939. The van der Waals surface area contributed by atoms with E-state index < -0.39 is 10.0 Å². The van der Waals surface area contributed by atoms with Crippen molar-refractivity contribution in [2.24, 2.45) is 0 Å². The SMILES string of the molecule is CCN(CC)S(=O)(=O)c1ccc(C(C)NC(=O)c2ccccc2C)cc1. The maximum absolute atomic E-state index is 12.5. The lowest BCUT2D eigenvalue weighted by Gasteiger charge is -2.19. The van der Waals surface area contributed by atoms with Crippen LogP contribution < -0.4 is 5.32 Å². The van der Waals surface area contributed by atoms with Crippen molar-refractivity contribution in [2.45, 2.75) is 38.6 Å². The average Bonchev–Trinajstić information content (AvgIpc) is 2.62. The van der Waals surface area contributed by atoms with Crippen molar-refractivity contribution in [3.05, 3.63) is 65.2 Å². The molecule has 1 atom stereocenters. The largest absolute Gasteiger partial charge is 0.346 e. The first-order valence-electron chi connectivity index (χ1n) is 8.77. The third-order valence-electron chi connectivity index (χ3n) is 4.46. The number of rotatable bonds is 7. The van der Waals surface area contributed by atoms with Gasteiger partial charge in [0.2, 0.25) is 10.0 Å². The molecule has 5 nitrogen and oxygen atoms in total. The maximum Gasteiger partial charge on any atom is 0.252 e. The molecule has 140 valence electrons. The number of carbonyl (C=O) groups is 1. The van der Waals surface area contributed by atoms with Crippen LogP contribution in [-0.4, -0.2) is 31.7 Å². The van der Waals surface area contributed by atoms with E-state index in [2.05, 4.69) is 5.32 Å². The van der Waals surface area contributed by atoms with Gasteiger partial charge in [0.05, 0.1) is 10.9 Å². The molecule has 0 aliphatic rings. The van der Waals surface area contributed by atoms with E-state index in [9.17, 15) is 13.2 Å². The van der Waals surface area contributed by atoms with Gasteiger partial charge in [-0.1, -0.05) is 44.2 Å².